The van der Waals surface area contributed by atoms with Crippen LogP contribution in [0, 0.1) is 13.8 Å². The Bertz CT molecular complexity index is 862. The highest BCUT2D eigenvalue weighted by molar-refractivity contribution is 5.96. The molecule has 1 aromatic heterocycles. The van der Waals surface area contributed by atoms with E-state index in [1.807, 2.05) is 6.92 Å². The summed E-state index contributed by atoms with van der Waals surface area (Å²) in [4.78, 5) is 46.1. The van der Waals surface area contributed by atoms with Gasteiger partial charge in [-0.05, 0) is 39.2 Å². The van der Waals surface area contributed by atoms with Crippen molar-refractivity contribution in [1.82, 2.24) is 10.2 Å². The quantitative estimate of drug-likeness (QED) is 0.569. The zero-order valence-electron chi connectivity index (χ0n) is 18.3. The molecule has 0 bridgehead atoms. The lowest BCUT2D eigenvalue weighted by molar-refractivity contribution is -0.179. The summed E-state index contributed by atoms with van der Waals surface area (Å²) in [6.45, 7) is 7.49. The fourth-order valence-electron chi connectivity index (χ4n) is 4.48. The maximum Gasteiger partial charge on any atom is 0.336 e. The van der Waals surface area contributed by atoms with Crippen molar-refractivity contribution in [3.05, 3.63) is 33.4 Å². The normalized spacial score (nSPS) is 24.7. The number of hydrogen-bond donors (Lipinski definition) is 3. The van der Waals surface area contributed by atoms with Crippen LogP contribution in [0.15, 0.2) is 15.3 Å². The van der Waals surface area contributed by atoms with E-state index in [1.165, 1.54) is 13.0 Å². The third-order valence-corrected chi connectivity index (χ3v) is 5.94. The van der Waals surface area contributed by atoms with Crippen molar-refractivity contribution in [2.75, 3.05) is 19.7 Å². The maximum absolute atomic E-state index is 13.0. The number of carbonyl (C=O) groups is 3. The topological polar surface area (TPSA) is 146 Å². The maximum atomic E-state index is 13.0. The number of nitrogens with zero attached hydrogens (tertiary/aromatic N) is 1. The Labute approximate surface area is 180 Å². The number of aliphatic hydroxyl groups excluding tert-OH is 1. The van der Waals surface area contributed by atoms with Gasteiger partial charge in [0.1, 0.15) is 11.9 Å². The molecule has 31 heavy (non-hydrogen) atoms. The number of rotatable bonds is 2. The number of amides is 2. The molecule has 0 radical (unpaired) electrons. The van der Waals surface area contributed by atoms with Crippen LogP contribution in [-0.2, 0) is 14.3 Å². The molecule has 0 aromatic carbocycles. The molecular weight excluding hydrogens is 408 g/mol. The largest absolute Gasteiger partial charge is 0.483 e. The lowest BCUT2D eigenvalue weighted by Gasteiger charge is -2.51. The molecule has 10 nitrogen and oxygen atoms in total. The van der Waals surface area contributed by atoms with Gasteiger partial charge in [-0.1, -0.05) is 0 Å². The van der Waals surface area contributed by atoms with Crippen LogP contribution in [0.25, 0.3) is 0 Å². The number of carbonyl (C=O) groups excluding carboxylic acids is 2. The van der Waals surface area contributed by atoms with Gasteiger partial charge in [0.2, 0.25) is 5.91 Å². The van der Waals surface area contributed by atoms with Crippen molar-refractivity contribution in [3.63, 3.8) is 0 Å². The number of likely N-dealkylation sites (tertiary alicyclic amines) is 1. The summed E-state index contributed by atoms with van der Waals surface area (Å²) < 4.78 is 11.1. The van der Waals surface area contributed by atoms with Gasteiger partial charge >= 0.3 is 5.63 Å². The monoisotopic (exact) mass is 438 g/mol. The Morgan fingerprint density at radius 1 is 1.29 bits per heavy atom. The third kappa shape index (κ3) is 5.50. The lowest BCUT2D eigenvalue weighted by Crippen LogP contribution is -2.65. The number of aliphatic hydroxyl groups is 1. The average Bonchev–Trinajstić information content (AvgIpc) is 2.65. The molecule has 3 rings (SSSR count). The van der Waals surface area contributed by atoms with E-state index >= 15 is 0 Å². The van der Waals surface area contributed by atoms with E-state index in [1.54, 1.807) is 18.7 Å². The number of piperidine rings is 1. The van der Waals surface area contributed by atoms with Gasteiger partial charge in [0, 0.05) is 32.5 Å². The molecule has 0 unspecified atom stereocenters. The van der Waals surface area contributed by atoms with Crippen LogP contribution in [0.2, 0.25) is 0 Å². The average molecular weight is 438 g/mol. The van der Waals surface area contributed by atoms with E-state index in [0.29, 0.717) is 49.2 Å². The van der Waals surface area contributed by atoms with Crippen LogP contribution in [0.3, 0.4) is 0 Å². The fraction of sp³-hybridized carbons (Fsp3) is 0.619. The molecule has 3 N–H and O–H groups in total. The summed E-state index contributed by atoms with van der Waals surface area (Å²) in [5.41, 5.74) is -0.671. The molecule has 2 aliphatic rings. The second-order valence-corrected chi connectivity index (χ2v) is 8.36. The van der Waals surface area contributed by atoms with Crippen LogP contribution in [-0.4, -0.2) is 70.3 Å². The minimum atomic E-state index is -0.779. The van der Waals surface area contributed by atoms with Gasteiger partial charge in [0.25, 0.3) is 12.4 Å². The van der Waals surface area contributed by atoms with Gasteiger partial charge in [-0.15, -0.1) is 0 Å². The number of nitrogens with one attached hydrogen (secondary N) is 1. The van der Waals surface area contributed by atoms with Crippen molar-refractivity contribution < 1.29 is 33.8 Å². The molecule has 1 aromatic rings. The van der Waals surface area contributed by atoms with Crippen LogP contribution in [0.5, 0.6) is 0 Å². The van der Waals surface area contributed by atoms with Gasteiger partial charge in [-0.3, -0.25) is 14.4 Å². The van der Waals surface area contributed by atoms with E-state index < -0.39 is 22.9 Å². The third-order valence-electron chi connectivity index (χ3n) is 5.94. The summed E-state index contributed by atoms with van der Waals surface area (Å²) in [7, 11) is 0. The van der Waals surface area contributed by atoms with Gasteiger partial charge in [-0.2, -0.15) is 0 Å². The molecule has 2 atom stereocenters. The smallest absolute Gasteiger partial charge is 0.336 e. The molecule has 10 heteroatoms. The van der Waals surface area contributed by atoms with Crippen LogP contribution < -0.4 is 10.9 Å². The summed E-state index contributed by atoms with van der Waals surface area (Å²) >= 11 is 0. The molecule has 2 aliphatic heterocycles. The zero-order chi connectivity index (χ0) is 23.4. The second kappa shape index (κ2) is 9.61. The highest BCUT2D eigenvalue weighted by Crippen LogP contribution is 2.40. The molecule has 1 spiro atoms. The highest BCUT2D eigenvalue weighted by atomic mass is 16.5. The van der Waals surface area contributed by atoms with Crippen molar-refractivity contribution in [2.24, 2.45) is 0 Å². The van der Waals surface area contributed by atoms with E-state index in [9.17, 15) is 19.5 Å². The van der Waals surface area contributed by atoms with Crippen molar-refractivity contribution in [2.45, 2.75) is 64.2 Å². The number of aryl methyl sites for hydroxylation is 2. The van der Waals surface area contributed by atoms with Crippen LogP contribution in [0.4, 0.5) is 0 Å². The standard InChI is InChI=1S/C20H28N2O6.CH2O2/c1-12-9-16(25)28-13(2)17(12)18(26)22-7-5-20(6-8-22)11-19(4,21-14(3)23)15(24)10-27-20;2-1-3/h9,15,24H,5-8,10-11H2,1-4H3,(H,21,23);1H,(H,2,3)/t15-,19-;/m1./s1. The van der Waals surface area contributed by atoms with E-state index in [-0.39, 0.29) is 24.9 Å². The Balaban J connectivity index is 0.00000107. The first-order chi connectivity index (χ1) is 14.5. The van der Waals surface area contributed by atoms with Crippen molar-refractivity contribution >= 4 is 18.3 Å². The fourth-order valence-corrected chi connectivity index (χ4v) is 4.48. The van der Waals surface area contributed by atoms with E-state index in [0.717, 1.165) is 0 Å². The van der Waals surface area contributed by atoms with E-state index in [2.05, 4.69) is 5.32 Å². The molecule has 3 heterocycles. The van der Waals surface area contributed by atoms with Crippen LogP contribution in [0.1, 0.15) is 54.8 Å². The number of hydrogen-bond acceptors (Lipinski definition) is 7. The number of carboxylic acid groups (broad SMARTS) is 1. The summed E-state index contributed by atoms with van der Waals surface area (Å²) in [5, 5.41) is 20.1. The molecular formula is C21H30N2O8. The number of ether oxygens (including phenoxy) is 1. The van der Waals surface area contributed by atoms with Gasteiger partial charge in [0.15, 0.2) is 0 Å². The minimum absolute atomic E-state index is 0.146. The van der Waals surface area contributed by atoms with Gasteiger partial charge in [0.05, 0.1) is 23.3 Å². The highest BCUT2D eigenvalue weighted by Gasteiger charge is 2.50. The Kier molecular flexibility index (Phi) is 7.61. The van der Waals surface area contributed by atoms with Crippen molar-refractivity contribution in [3.8, 4) is 0 Å². The van der Waals surface area contributed by atoms with Gasteiger partial charge in [-0.25, -0.2) is 4.79 Å². The van der Waals surface area contributed by atoms with Crippen LogP contribution >= 0.6 is 0 Å². The van der Waals surface area contributed by atoms with Gasteiger partial charge < -0.3 is 29.6 Å². The SMILES string of the molecule is CC(=O)N[C@]1(C)CC2(CCN(C(=O)c3c(C)cc(=O)oc3C)CC2)OC[C@H]1O.O=CO. The Morgan fingerprint density at radius 3 is 2.39 bits per heavy atom. The zero-order valence-corrected chi connectivity index (χ0v) is 18.3. The minimum Gasteiger partial charge on any atom is -0.483 e. The summed E-state index contributed by atoms with van der Waals surface area (Å²) in [6.07, 6.45) is 0.922. The molecule has 172 valence electrons. The Morgan fingerprint density at radius 2 is 1.87 bits per heavy atom. The lowest BCUT2D eigenvalue weighted by atomic mass is 9.74. The first kappa shape index (κ1) is 24.5. The summed E-state index contributed by atoms with van der Waals surface area (Å²) in [6, 6.07) is 1.33. The van der Waals surface area contributed by atoms with E-state index in [4.69, 9.17) is 19.1 Å². The second-order valence-electron chi connectivity index (χ2n) is 8.36. The Hall–Kier alpha value is -2.72. The molecule has 0 aliphatic carbocycles. The predicted octanol–water partition coefficient (Wildman–Crippen LogP) is 0.608. The molecule has 2 saturated heterocycles. The first-order valence-corrected chi connectivity index (χ1v) is 10.1. The first-order valence-electron chi connectivity index (χ1n) is 10.1. The molecule has 0 saturated carbocycles. The predicted molar refractivity (Wildman–Crippen MR) is 110 cm³/mol. The van der Waals surface area contributed by atoms with Crippen molar-refractivity contribution in [1.29, 1.82) is 0 Å². The molecule has 2 amide bonds. The summed E-state index contributed by atoms with van der Waals surface area (Å²) in [5.74, 6) is -0.0256. The molecule has 2 fully saturated rings.